The summed E-state index contributed by atoms with van der Waals surface area (Å²) in [6.07, 6.45) is 0. The van der Waals surface area contributed by atoms with E-state index in [1.165, 1.54) is 15.7 Å². The molecule has 0 fully saturated rings. The summed E-state index contributed by atoms with van der Waals surface area (Å²) in [6, 6.07) is 15.8. The highest BCUT2D eigenvalue weighted by molar-refractivity contribution is 7.90. The van der Waals surface area contributed by atoms with Crippen molar-refractivity contribution in [2.24, 2.45) is 5.73 Å². The van der Waals surface area contributed by atoms with Crippen LogP contribution < -0.4 is 5.73 Å². The van der Waals surface area contributed by atoms with Crippen LogP contribution in [0.2, 0.25) is 0 Å². The molecule has 3 rings (SSSR count). The smallest absolute Gasteiger partial charge is 0.304 e. The van der Waals surface area contributed by atoms with E-state index in [4.69, 9.17) is 14.7 Å². The molecule has 0 aliphatic carbocycles. The van der Waals surface area contributed by atoms with Crippen LogP contribution in [0.25, 0.3) is 0 Å². The molecule has 0 bridgehead atoms. The summed E-state index contributed by atoms with van der Waals surface area (Å²) >= 11 is 0. The molecule has 0 radical (unpaired) electrons. The van der Waals surface area contributed by atoms with Gasteiger partial charge in [-0.3, -0.25) is 4.79 Å². The molecule has 0 saturated carbocycles. The maximum absolute atomic E-state index is 13.0. The highest BCUT2D eigenvalue weighted by Gasteiger charge is 2.50. The molecule has 1 aliphatic heterocycles. The number of hydrogen-bond donors (Lipinski definition) is 1. The number of hydrogen-bond acceptors (Lipinski definition) is 6. The number of aryl methyl sites for hydroxylation is 1. The molecule has 0 amide bonds. The summed E-state index contributed by atoms with van der Waals surface area (Å²) in [5, 5.41) is 0. The third-order valence-electron chi connectivity index (χ3n) is 5.03. The highest BCUT2D eigenvalue weighted by Crippen LogP contribution is 2.38. The normalized spacial score (nSPS) is 20.1. The number of Topliss-reactive ketones (excluding diaryl/α,β-unsaturated/α-hetero) is 1. The Hall–Kier alpha value is -2.61. The van der Waals surface area contributed by atoms with Crippen LogP contribution in [0.5, 0.6) is 0 Å². The number of benzene rings is 2. The minimum atomic E-state index is -4.24. The van der Waals surface area contributed by atoms with E-state index in [1.807, 2.05) is 13.0 Å². The first kappa shape index (κ1) is 20.1. The first-order valence-corrected chi connectivity index (χ1v) is 10.2. The Labute approximate surface area is 167 Å². The lowest BCUT2D eigenvalue weighted by Crippen LogP contribution is -2.40. The third kappa shape index (κ3) is 3.22. The van der Waals surface area contributed by atoms with Crippen molar-refractivity contribution in [2.45, 2.75) is 17.0 Å². The molecule has 0 aromatic heterocycles. The van der Waals surface area contributed by atoms with Crippen LogP contribution in [0.1, 0.15) is 16.7 Å². The molecular formula is C18H20B3NO5S. The van der Waals surface area contributed by atoms with Gasteiger partial charge in [0.05, 0.1) is 4.55 Å². The number of ether oxygens (including phenoxy) is 1. The Bertz CT molecular complexity index is 1070. The molecule has 1 aliphatic rings. The van der Waals surface area contributed by atoms with Gasteiger partial charge in [-0.25, -0.2) is 0 Å². The predicted molar refractivity (Wildman–Crippen MR) is 114 cm³/mol. The lowest BCUT2D eigenvalue weighted by Gasteiger charge is -2.26. The Kier molecular flexibility index (Phi) is 4.87. The van der Waals surface area contributed by atoms with Crippen molar-refractivity contribution >= 4 is 39.4 Å². The van der Waals surface area contributed by atoms with E-state index in [0.717, 1.165) is 5.56 Å². The van der Waals surface area contributed by atoms with Crippen LogP contribution in [0.4, 0.5) is 0 Å². The highest BCUT2D eigenvalue weighted by atomic mass is 32.2. The first-order chi connectivity index (χ1) is 13.0. The van der Waals surface area contributed by atoms with Crippen LogP contribution >= 0.6 is 0 Å². The molecule has 0 spiro atoms. The standard InChI is InChI=1S/C18H20B3NO5S/c1-11-6-5-9-13(10-11)17(19)15(23)14(16(22)26-17)27-28(24,25)18(20,21)12-7-3-2-4-8-12/h2-10H,19-22H2,1H3/t17-/m1/s1. The van der Waals surface area contributed by atoms with E-state index < -0.39 is 31.7 Å². The Morgan fingerprint density at radius 3 is 2.36 bits per heavy atom. The first-order valence-electron chi connectivity index (χ1n) is 8.79. The molecule has 1 atom stereocenters. The molecule has 142 valence electrons. The average Bonchev–Trinajstić information content (AvgIpc) is 2.86. The topological polar surface area (TPSA) is 95.7 Å². The number of rotatable bonds is 5. The van der Waals surface area contributed by atoms with Crippen LogP contribution in [0, 0.1) is 6.92 Å². The number of carbonyl (C=O) groups is 1. The van der Waals surface area contributed by atoms with Crippen molar-refractivity contribution in [3.05, 3.63) is 82.9 Å². The number of carbonyl (C=O) groups excluding carboxylic acids is 1. The van der Waals surface area contributed by atoms with E-state index in [0.29, 0.717) is 11.1 Å². The predicted octanol–water partition coefficient (Wildman–Crippen LogP) is -1.07. The minimum absolute atomic E-state index is 0.346. The van der Waals surface area contributed by atoms with Gasteiger partial charge in [0.15, 0.2) is 13.3 Å². The fraction of sp³-hybridized carbons (Fsp3) is 0.167. The second kappa shape index (κ2) is 6.77. The fourth-order valence-corrected chi connectivity index (χ4v) is 4.06. The number of ketones is 1. The van der Waals surface area contributed by atoms with Gasteiger partial charge in [0.2, 0.25) is 17.4 Å². The largest absolute Gasteiger partial charge is 0.467 e. The Morgan fingerprint density at radius 1 is 1.11 bits per heavy atom. The van der Waals surface area contributed by atoms with Crippen LogP contribution in [-0.4, -0.2) is 37.7 Å². The quantitative estimate of drug-likeness (QED) is 0.512. The maximum atomic E-state index is 13.0. The minimum Gasteiger partial charge on any atom is -0.467 e. The van der Waals surface area contributed by atoms with Crippen LogP contribution in [0.15, 0.2) is 66.2 Å². The second-order valence-electron chi connectivity index (χ2n) is 7.44. The number of nitrogens with two attached hydrogens (primary N) is 1. The molecule has 1 heterocycles. The fourth-order valence-electron chi connectivity index (χ4n) is 3.05. The van der Waals surface area contributed by atoms with Gasteiger partial charge in [0.1, 0.15) is 15.7 Å². The summed E-state index contributed by atoms with van der Waals surface area (Å²) in [5.74, 6) is -1.47. The van der Waals surface area contributed by atoms with Crippen molar-refractivity contribution in [2.75, 3.05) is 0 Å². The molecule has 2 aromatic rings. The van der Waals surface area contributed by atoms with Gasteiger partial charge < -0.3 is 14.7 Å². The van der Waals surface area contributed by atoms with Crippen molar-refractivity contribution < 1.29 is 22.1 Å². The molecule has 6 nitrogen and oxygen atoms in total. The van der Waals surface area contributed by atoms with E-state index in [1.54, 1.807) is 56.4 Å². The molecule has 2 N–H and O–H groups in total. The molecular weight excluding hydrogens is 375 g/mol. The lowest BCUT2D eigenvalue weighted by molar-refractivity contribution is -0.126. The van der Waals surface area contributed by atoms with Gasteiger partial charge in [0.25, 0.3) is 0 Å². The van der Waals surface area contributed by atoms with Crippen molar-refractivity contribution in [3.63, 3.8) is 0 Å². The maximum Gasteiger partial charge on any atom is 0.304 e. The average molecular weight is 395 g/mol. The SMILES string of the molecule is BC(B)(c1ccccc1)S(=O)(=O)OC1=C(N)O[C@](B)(c2cccc(C)c2)C1=O. The summed E-state index contributed by atoms with van der Waals surface area (Å²) in [7, 11) is 0.319. The van der Waals surface area contributed by atoms with Crippen molar-refractivity contribution in [3.8, 4) is 0 Å². The third-order valence-corrected chi connectivity index (χ3v) is 6.91. The molecule has 10 heteroatoms. The van der Waals surface area contributed by atoms with Crippen molar-refractivity contribution in [1.82, 2.24) is 0 Å². The van der Waals surface area contributed by atoms with Gasteiger partial charge >= 0.3 is 10.1 Å². The molecule has 0 unspecified atom stereocenters. The molecule has 28 heavy (non-hydrogen) atoms. The zero-order valence-electron chi connectivity index (χ0n) is 16.2. The van der Waals surface area contributed by atoms with E-state index in [-0.39, 0.29) is 5.88 Å². The van der Waals surface area contributed by atoms with E-state index in [2.05, 4.69) is 0 Å². The monoisotopic (exact) mass is 395 g/mol. The Morgan fingerprint density at radius 2 is 1.75 bits per heavy atom. The van der Waals surface area contributed by atoms with E-state index in [9.17, 15) is 13.2 Å². The van der Waals surface area contributed by atoms with Gasteiger partial charge in [-0.1, -0.05) is 60.2 Å². The van der Waals surface area contributed by atoms with Gasteiger partial charge in [-0.05, 0) is 18.1 Å². The van der Waals surface area contributed by atoms with Crippen LogP contribution in [-0.2, 0) is 33.9 Å². The zero-order chi connectivity index (χ0) is 20.7. The second-order valence-corrected chi connectivity index (χ2v) is 9.54. The van der Waals surface area contributed by atoms with Gasteiger partial charge in [-0.2, -0.15) is 8.42 Å². The van der Waals surface area contributed by atoms with Crippen LogP contribution in [0.3, 0.4) is 0 Å². The summed E-state index contributed by atoms with van der Waals surface area (Å²) in [4.78, 5) is 13.0. The van der Waals surface area contributed by atoms with Gasteiger partial charge in [0, 0.05) is 0 Å². The van der Waals surface area contributed by atoms with Gasteiger partial charge in [-0.15, -0.1) is 0 Å². The van der Waals surface area contributed by atoms with E-state index >= 15 is 0 Å². The summed E-state index contributed by atoms with van der Waals surface area (Å²) < 4.78 is 35.4. The lowest BCUT2D eigenvalue weighted by atomic mass is 9.65. The molecule has 2 aromatic carbocycles. The Balaban J connectivity index is 1.94. The van der Waals surface area contributed by atoms with Crippen molar-refractivity contribution in [1.29, 1.82) is 0 Å². The summed E-state index contributed by atoms with van der Waals surface area (Å²) in [6.45, 7) is 1.88. The summed E-state index contributed by atoms with van der Waals surface area (Å²) in [5.41, 5.74) is 6.44. The molecule has 0 saturated heterocycles. The zero-order valence-corrected chi connectivity index (χ0v) is 17.0.